The third-order valence-electron chi connectivity index (χ3n) is 1.93. The zero-order valence-corrected chi connectivity index (χ0v) is 8.67. The van der Waals surface area contributed by atoms with E-state index in [0.717, 1.165) is 12.2 Å². The average Bonchev–Trinajstić information content (AvgIpc) is 2.03. The summed E-state index contributed by atoms with van der Waals surface area (Å²) < 4.78 is 32.5. The van der Waals surface area contributed by atoms with Gasteiger partial charge in [-0.25, -0.2) is 0 Å². The first kappa shape index (κ1) is 11.0. The van der Waals surface area contributed by atoms with Crippen LogP contribution >= 0.6 is 11.8 Å². The van der Waals surface area contributed by atoms with E-state index in [0.29, 0.717) is 12.2 Å². The maximum absolute atomic E-state index is 12.1. The van der Waals surface area contributed by atoms with Crippen LogP contribution in [0.5, 0.6) is 0 Å². The minimum absolute atomic E-state index is 0.260. The van der Waals surface area contributed by atoms with Crippen molar-refractivity contribution >= 4 is 27.8 Å². The molecule has 0 N–H and O–H groups in total. The van der Waals surface area contributed by atoms with Gasteiger partial charge in [-0.2, -0.15) is 20.2 Å². The largest absolute Gasteiger partial charge is 0.309 e. The van der Waals surface area contributed by atoms with E-state index in [1.54, 1.807) is 11.8 Å². The lowest BCUT2D eigenvalue weighted by Crippen LogP contribution is -2.26. The van der Waals surface area contributed by atoms with Gasteiger partial charge in [0.25, 0.3) is 0 Å². The second kappa shape index (κ2) is 4.41. The van der Waals surface area contributed by atoms with Crippen molar-refractivity contribution in [3.8, 4) is 0 Å². The van der Waals surface area contributed by atoms with Crippen LogP contribution in [0.25, 0.3) is 0 Å². The summed E-state index contributed by atoms with van der Waals surface area (Å²) in [6.07, 6.45) is 1.61. The van der Waals surface area contributed by atoms with Crippen molar-refractivity contribution in [1.82, 2.24) is 0 Å². The number of hydrogen-bond acceptors (Lipinski definition) is 4. The molecule has 1 aliphatic heterocycles. The molecule has 1 fully saturated rings. The molecule has 0 aromatic carbocycles. The van der Waals surface area contributed by atoms with E-state index in [2.05, 4.69) is 0 Å². The van der Waals surface area contributed by atoms with Gasteiger partial charge in [-0.15, -0.1) is 3.89 Å². The highest BCUT2D eigenvalue weighted by Crippen LogP contribution is 2.23. The number of carbonyl (C=O) groups excluding carboxylic acids is 1. The Morgan fingerprint density at radius 2 is 2.23 bits per heavy atom. The number of Topliss-reactive ketones (excluding diaryl/α,β-unsaturated/α-hetero) is 1. The van der Waals surface area contributed by atoms with E-state index in [-0.39, 0.29) is 5.92 Å². The highest BCUT2D eigenvalue weighted by molar-refractivity contribution is 7.99. The standard InChI is InChI=1S/C7H11FO3S2/c8-13(10,11)5-7(9)6-2-1-3-12-4-6/h6H,1-5H2. The Morgan fingerprint density at radius 3 is 2.69 bits per heavy atom. The summed E-state index contributed by atoms with van der Waals surface area (Å²) in [5, 5.41) is 0. The van der Waals surface area contributed by atoms with Crippen molar-refractivity contribution < 1.29 is 17.1 Å². The summed E-state index contributed by atoms with van der Waals surface area (Å²) in [6.45, 7) is 0. The van der Waals surface area contributed by atoms with Crippen molar-refractivity contribution in [3.05, 3.63) is 0 Å². The van der Waals surface area contributed by atoms with Crippen molar-refractivity contribution in [1.29, 1.82) is 0 Å². The van der Waals surface area contributed by atoms with E-state index >= 15 is 0 Å². The lowest BCUT2D eigenvalue weighted by Gasteiger charge is -2.18. The molecule has 0 saturated carbocycles. The van der Waals surface area contributed by atoms with Crippen LogP contribution in [-0.4, -0.2) is 31.5 Å². The van der Waals surface area contributed by atoms with Gasteiger partial charge in [-0.3, -0.25) is 4.79 Å². The maximum Gasteiger partial charge on any atom is 0.309 e. The third-order valence-corrected chi connectivity index (χ3v) is 3.78. The fourth-order valence-corrected chi connectivity index (χ4v) is 3.03. The molecule has 0 aliphatic carbocycles. The van der Waals surface area contributed by atoms with Crippen LogP contribution < -0.4 is 0 Å². The van der Waals surface area contributed by atoms with E-state index < -0.39 is 21.8 Å². The Kier molecular flexibility index (Phi) is 3.73. The molecule has 0 amide bonds. The number of halogens is 1. The molecule has 0 radical (unpaired) electrons. The van der Waals surface area contributed by atoms with Crippen molar-refractivity contribution in [2.24, 2.45) is 5.92 Å². The zero-order chi connectivity index (χ0) is 9.90. The minimum atomic E-state index is -4.63. The van der Waals surface area contributed by atoms with Gasteiger partial charge in [0.05, 0.1) is 0 Å². The highest BCUT2D eigenvalue weighted by Gasteiger charge is 2.25. The second-order valence-electron chi connectivity index (χ2n) is 3.06. The first-order valence-electron chi connectivity index (χ1n) is 4.02. The van der Waals surface area contributed by atoms with Crippen LogP contribution in [0.2, 0.25) is 0 Å². The molecule has 0 aromatic heterocycles. The quantitative estimate of drug-likeness (QED) is 0.674. The molecule has 1 atom stereocenters. The zero-order valence-electron chi connectivity index (χ0n) is 7.03. The third kappa shape index (κ3) is 4.08. The topological polar surface area (TPSA) is 51.2 Å². The van der Waals surface area contributed by atoms with Crippen LogP contribution in [0, 0.1) is 5.92 Å². The maximum atomic E-state index is 12.1. The van der Waals surface area contributed by atoms with Crippen molar-refractivity contribution in [2.45, 2.75) is 12.8 Å². The molecule has 76 valence electrons. The summed E-state index contributed by atoms with van der Waals surface area (Å²) in [7, 11) is -4.63. The van der Waals surface area contributed by atoms with Gasteiger partial charge in [-0.1, -0.05) is 0 Å². The van der Waals surface area contributed by atoms with Crippen LogP contribution in [0.15, 0.2) is 0 Å². The second-order valence-corrected chi connectivity index (χ2v) is 5.58. The molecule has 1 saturated heterocycles. The van der Waals surface area contributed by atoms with Gasteiger partial charge in [0, 0.05) is 11.7 Å². The van der Waals surface area contributed by atoms with Gasteiger partial charge in [-0.05, 0) is 18.6 Å². The first-order valence-corrected chi connectivity index (χ1v) is 6.72. The van der Waals surface area contributed by atoms with Gasteiger partial charge in [0.1, 0.15) is 5.75 Å². The Morgan fingerprint density at radius 1 is 1.54 bits per heavy atom. The van der Waals surface area contributed by atoms with E-state index in [1.165, 1.54) is 0 Å². The SMILES string of the molecule is O=C(CS(=O)(=O)F)C1CCCSC1. The predicted octanol–water partition coefficient (Wildman–Crippen LogP) is 0.998. The lowest BCUT2D eigenvalue weighted by molar-refractivity contribution is -0.120. The number of hydrogen-bond donors (Lipinski definition) is 0. The van der Waals surface area contributed by atoms with Gasteiger partial charge < -0.3 is 0 Å². The normalized spacial score (nSPS) is 24.2. The molecule has 1 rings (SSSR count). The number of ketones is 1. The molecule has 1 heterocycles. The van der Waals surface area contributed by atoms with E-state index in [1.807, 2.05) is 0 Å². The van der Waals surface area contributed by atoms with Crippen LogP contribution in [0.4, 0.5) is 3.89 Å². The highest BCUT2D eigenvalue weighted by atomic mass is 32.3. The van der Waals surface area contributed by atoms with Gasteiger partial charge in [0.15, 0.2) is 5.78 Å². The monoisotopic (exact) mass is 226 g/mol. The Labute approximate surface area is 81.3 Å². The van der Waals surface area contributed by atoms with Crippen LogP contribution in [0.3, 0.4) is 0 Å². The summed E-state index contributed by atoms with van der Waals surface area (Å²) in [6, 6.07) is 0. The summed E-state index contributed by atoms with van der Waals surface area (Å²) in [5.74, 6) is -0.0439. The van der Waals surface area contributed by atoms with Crippen molar-refractivity contribution in [2.75, 3.05) is 17.3 Å². The molecule has 1 aliphatic rings. The molecule has 0 aromatic rings. The predicted molar refractivity (Wildman–Crippen MR) is 50.0 cm³/mol. The van der Waals surface area contributed by atoms with Gasteiger partial charge >= 0.3 is 10.2 Å². The summed E-state index contributed by atoms with van der Waals surface area (Å²) in [4.78, 5) is 11.2. The van der Waals surface area contributed by atoms with E-state index in [4.69, 9.17) is 0 Å². The molecule has 6 heteroatoms. The molecule has 0 bridgehead atoms. The smallest absolute Gasteiger partial charge is 0.298 e. The Hall–Kier alpha value is -0.100. The van der Waals surface area contributed by atoms with Gasteiger partial charge in [0.2, 0.25) is 0 Å². The minimum Gasteiger partial charge on any atom is -0.298 e. The fourth-order valence-electron chi connectivity index (χ4n) is 1.28. The number of carbonyl (C=O) groups is 1. The molecule has 1 unspecified atom stereocenters. The molecule has 13 heavy (non-hydrogen) atoms. The first-order chi connectivity index (χ1) is 5.99. The van der Waals surface area contributed by atoms with Crippen LogP contribution in [0.1, 0.15) is 12.8 Å². The molecular weight excluding hydrogens is 215 g/mol. The molecule has 0 spiro atoms. The van der Waals surface area contributed by atoms with Crippen LogP contribution in [-0.2, 0) is 15.0 Å². The number of rotatable bonds is 3. The summed E-state index contributed by atoms with van der Waals surface area (Å²) in [5.41, 5.74) is 0. The number of thioether (sulfide) groups is 1. The molecular formula is C7H11FO3S2. The lowest BCUT2D eigenvalue weighted by atomic mass is 10.0. The fraction of sp³-hybridized carbons (Fsp3) is 0.857. The summed E-state index contributed by atoms with van der Waals surface area (Å²) >= 11 is 1.62. The van der Waals surface area contributed by atoms with E-state index in [9.17, 15) is 17.1 Å². The average molecular weight is 226 g/mol. The Bertz CT molecular complexity index is 280. The molecule has 3 nitrogen and oxygen atoms in total. The van der Waals surface area contributed by atoms with Crippen molar-refractivity contribution in [3.63, 3.8) is 0 Å². The Balaban J connectivity index is 2.47.